The van der Waals surface area contributed by atoms with Crippen molar-refractivity contribution in [2.24, 2.45) is 5.92 Å². The van der Waals surface area contributed by atoms with Crippen LogP contribution in [0.4, 0.5) is 0 Å². The van der Waals surface area contributed by atoms with Crippen molar-refractivity contribution in [3.63, 3.8) is 0 Å². The maximum atomic E-state index is 2.75. The van der Waals surface area contributed by atoms with E-state index in [4.69, 9.17) is 0 Å². The molecule has 0 saturated heterocycles. The van der Waals surface area contributed by atoms with Gasteiger partial charge in [0.25, 0.3) is 0 Å². The Morgan fingerprint density at radius 3 is 1.43 bits per heavy atom. The number of hydrogen-bond acceptors (Lipinski definition) is 1. The molecule has 0 atom stereocenters. The molecule has 0 aromatic heterocycles. The van der Waals surface area contributed by atoms with Gasteiger partial charge in [0.15, 0.2) is 0 Å². The summed E-state index contributed by atoms with van der Waals surface area (Å²) in [5.74, 6) is 0.862. The number of nitrogens with zero attached hydrogens (tertiary/aromatic N) is 1. The molecule has 0 aliphatic rings. The largest absolute Gasteiger partial charge is 0.303 e. The zero-order chi connectivity index (χ0) is 15.8. The average Bonchev–Trinajstić information content (AvgIpc) is 2.45. The van der Waals surface area contributed by atoms with Gasteiger partial charge in [-0.2, -0.15) is 0 Å². The van der Waals surface area contributed by atoms with Gasteiger partial charge in [-0.1, -0.05) is 79.1 Å². The van der Waals surface area contributed by atoms with Gasteiger partial charge in [0.1, 0.15) is 0 Å². The highest BCUT2D eigenvalue weighted by Crippen LogP contribution is 2.10. The van der Waals surface area contributed by atoms with Gasteiger partial charge in [0.2, 0.25) is 0 Å². The molecule has 0 N–H and O–H groups in total. The summed E-state index contributed by atoms with van der Waals surface area (Å²) in [6.07, 6.45) is 16.9. The summed E-state index contributed by atoms with van der Waals surface area (Å²) >= 11 is 0. The molecule has 21 heavy (non-hydrogen) atoms. The van der Waals surface area contributed by atoms with E-state index in [-0.39, 0.29) is 0 Å². The van der Waals surface area contributed by atoms with Gasteiger partial charge in [-0.25, -0.2) is 0 Å². The van der Waals surface area contributed by atoms with Crippen molar-refractivity contribution in [1.82, 2.24) is 4.90 Å². The summed E-state index contributed by atoms with van der Waals surface area (Å²) in [5.41, 5.74) is 0. The monoisotopic (exact) mass is 297 g/mol. The molecule has 0 saturated carbocycles. The highest BCUT2D eigenvalue weighted by atomic mass is 15.1. The first kappa shape index (κ1) is 21.0. The van der Waals surface area contributed by atoms with Gasteiger partial charge in [-0.05, 0) is 51.2 Å². The summed E-state index contributed by atoms with van der Waals surface area (Å²) in [5, 5.41) is 0. The lowest BCUT2D eigenvalue weighted by Gasteiger charge is -2.22. The minimum absolute atomic E-state index is 0.862. The Labute approximate surface area is 135 Å². The summed E-state index contributed by atoms with van der Waals surface area (Å²) in [6, 6.07) is 0. The van der Waals surface area contributed by atoms with Crippen molar-refractivity contribution in [3.05, 3.63) is 0 Å². The maximum absolute atomic E-state index is 2.75. The third-order valence-corrected chi connectivity index (χ3v) is 4.41. The van der Waals surface area contributed by atoms with Crippen LogP contribution >= 0.6 is 0 Å². The third-order valence-electron chi connectivity index (χ3n) is 4.41. The number of rotatable bonds is 16. The molecule has 0 bridgehead atoms. The van der Waals surface area contributed by atoms with E-state index in [9.17, 15) is 0 Å². The molecule has 0 aromatic rings. The van der Waals surface area contributed by atoms with E-state index in [0.29, 0.717) is 0 Å². The molecule has 0 aliphatic heterocycles. The Balaban J connectivity index is 3.74. The number of unbranched alkanes of at least 4 members (excludes halogenated alkanes) is 8. The molecule has 0 aliphatic carbocycles. The van der Waals surface area contributed by atoms with Gasteiger partial charge in [0.05, 0.1) is 0 Å². The van der Waals surface area contributed by atoms with E-state index in [1.807, 2.05) is 0 Å². The number of hydrogen-bond donors (Lipinski definition) is 0. The topological polar surface area (TPSA) is 3.24 Å². The van der Waals surface area contributed by atoms with Crippen LogP contribution in [0.3, 0.4) is 0 Å². The van der Waals surface area contributed by atoms with Crippen LogP contribution in [0.1, 0.15) is 105 Å². The predicted molar refractivity (Wildman–Crippen MR) is 98.0 cm³/mol. The second-order valence-corrected chi connectivity index (χ2v) is 7.21. The van der Waals surface area contributed by atoms with Crippen molar-refractivity contribution in [1.29, 1.82) is 0 Å². The lowest BCUT2D eigenvalue weighted by molar-refractivity contribution is 0.251. The van der Waals surface area contributed by atoms with Crippen LogP contribution in [0.2, 0.25) is 0 Å². The van der Waals surface area contributed by atoms with Crippen molar-refractivity contribution in [2.45, 2.75) is 105 Å². The molecule has 0 spiro atoms. The molecule has 0 unspecified atom stereocenters. The molecule has 0 radical (unpaired) electrons. The quantitative estimate of drug-likeness (QED) is 0.288. The zero-order valence-corrected chi connectivity index (χ0v) is 15.6. The van der Waals surface area contributed by atoms with Crippen LogP contribution in [0, 0.1) is 5.92 Å². The van der Waals surface area contributed by atoms with Crippen molar-refractivity contribution in [2.75, 3.05) is 19.6 Å². The van der Waals surface area contributed by atoms with Crippen LogP contribution < -0.4 is 0 Å². The van der Waals surface area contributed by atoms with Crippen LogP contribution in [-0.4, -0.2) is 24.5 Å². The molecule has 0 aromatic carbocycles. The summed E-state index contributed by atoms with van der Waals surface area (Å²) in [6.45, 7) is 13.3. The Morgan fingerprint density at radius 1 is 0.571 bits per heavy atom. The van der Waals surface area contributed by atoms with E-state index < -0.39 is 0 Å². The average molecular weight is 298 g/mol. The highest BCUT2D eigenvalue weighted by Gasteiger charge is 2.05. The van der Waals surface area contributed by atoms with Gasteiger partial charge in [0, 0.05) is 0 Å². The highest BCUT2D eigenvalue weighted by molar-refractivity contribution is 4.60. The fourth-order valence-corrected chi connectivity index (χ4v) is 2.94. The fourth-order valence-electron chi connectivity index (χ4n) is 2.94. The van der Waals surface area contributed by atoms with E-state index >= 15 is 0 Å². The fraction of sp³-hybridized carbons (Fsp3) is 1.00. The first-order chi connectivity index (χ1) is 10.2. The van der Waals surface area contributed by atoms with Crippen molar-refractivity contribution >= 4 is 0 Å². The second kappa shape index (κ2) is 16.3. The molecule has 1 nitrogen and oxygen atoms in total. The summed E-state index contributed by atoms with van der Waals surface area (Å²) in [4.78, 5) is 2.75. The van der Waals surface area contributed by atoms with Gasteiger partial charge >= 0.3 is 0 Å². The third kappa shape index (κ3) is 16.2. The van der Waals surface area contributed by atoms with Gasteiger partial charge in [-0.3, -0.25) is 0 Å². The first-order valence-corrected chi connectivity index (χ1v) is 9.93. The molecule has 0 heterocycles. The normalized spacial score (nSPS) is 11.7. The summed E-state index contributed by atoms with van der Waals surface area (Å²) in [7, 11) is 0. The van der Waals surface area contributed by atoms with E-state index in [0.717, 1.165) is 5.92 Å². The smallest absolute Gasteiger partial charge is 0.00186 e. The Kier molecular flexibility index (Phi) is 16.3. The molecule has 0 rings (SSSR count). The molecular formula is C20H43N. The molecule has 128 valence electrons. The molecule has 0 fully saturated rings. The first-order valence-electron chi connectivity index (χ1n) is 9.93. The zero-order valence-electron chi connectivity index (χ0n) is 15.6. The minimum Gasteiger partial charge on any atom is -0.303 e. The van der Waals surface area contributed by atoms with Gasteiger partial charge in [-0.15, -0.1) is 0 Å². The van der Waals surface area contributed by atoms with Gasteiger partial charge < -0.3 is 4.90 Å². The molecular weight excluding hydrogens is 254 g/mol. The standard InChI is InChI=1S/C20H43N/c1-5-7-9-11-13-17-21(19-15-16-20(3)4)18-14-12-10-8-6-2/h20H,5-19H2,1-4H3. The Bertz CT molecular complexity index is 174. The lowest BCUT2D eigenvalue weighted by Crippen LogP contribution is -2.27. The predicted octanol–water partition coefficient (Wildman–Crippen LogP) is 6.67. The lowest BCUT2D eigenvalue weighted by atomic mass is 10.1. The van der Waals surface area contributed by atoms with Crippen LogP contribution in [-0.2, 0) is 0 Å². The van der Waals surface area contributed by atoms with Crippen LogP contribution in [0.15, 0.2) is 0 Å². The molecule has 1 heteroatoms. The van der Waals surface area contributed by atoms with E-state index in [1.165, 1.54) is 96.7 Å². The van der Waals surface area contributed by atoms with Crippen molar-refractivity contribution < 1.29 is 0 Å². The Morgan fingerprint density at radius 2 is 1.00 bits per heavy atom. The SMILES string of the molecule is CCCCCCCN(CCCCCCC)CCCC(C)C. The summed E-state index contributed by atoms with van der Waals surface area (Å²) < 4.78 is 0. The van der Waals surface area contributed by atoms with Crippen molar-refractivity contribution in [3.8, 4) is 0 Å². The minimum atomic E-state index is 0.862. The second-order valence-electron chi connectivity index (χ2n) is 7.21. The van der Waals surface area contributed by atoms with Crippen LogP contribution in [0.25, 0.3) is 0 Å². The van der Waals surface area contributed by atoms with E-state index in [2.05, 4.69) is 32.6 Å². The Hall–Kier alpha value is -0.0400. The molecule has 0 amide bonds. The maximum Gasteiger partial charge on any atom is -0.00186 e. The van der Waals surface area contributed by atoms with E-state index in [1.54, 1.807) is 0 Å². The van der Waals surface area contributed by atoms with Crippen LogP contribution in [0.5, 0.6) is 0 Å².